The van der Waals surface area contributed by atoms with Crippen molar-refractivity contribution in [2.24, 2.45) is 0 Å². The first kappa shape index (κ1) is 11.1. The highest BCUT2D eigenvalue weighted by atomic mass is 16.3. The largest absolute Gasteiger partial charge is 0.383 e. The van der Waals surface area contributed by atoms with Crippen LogP contribution in [0.1, 0.15) is 25.5 Å². The molecule has 0 aromatic carbocycles. The molecule has 1 amide bonds. The number of aromatic nitrogens is 1. The summed E-state index contributed by atoms with van der Waals surface area (Å²) in [6.45, 7) is 2.76. The summed E-state index contributed by atoms with van der Waals surface area (Å²) in [6, 6.07) is 5.54. The summed E-state index contributed by atoms with van der Waals surface area (Å²) in [5, 5.41) is 10.4. The Morgan fingerprint density at radius 3 is 2.62 bits per heavy atom. The van der Waals surface area contributed by atoms with Gasteiger partial charge < -0.3 is 10.0 Å². The van der Waals surface area contributed by atoms with Crippen molar-refractivity contribution >= 4 is 5.91 Å². The Bertz CT molecular complexity index is 370. The molecule has 86 valence electrons. The van der Waals surface area contributed by atoms with Crippen LogP contribution >= 0.6 is 0 Å². The summed E-state index contributed by atoms with van der Waals surface area (Å²) in [7, 11) is 0. The summed E-state index contributed by atoms with van der Waals surface area (Å²) in [6.07, 6.45) is 2.80. The molecule has 1 saturated heterocycles. The molecule has 0 bridgehead atoms. The molecule has 0 spiro atoms. The van der Waals surface area contributed by atoms with Gasteiger partial charge in [0.05, 0.1) is 5.69 Å². The molecular formula is C12H16N2O2. The number of amides is 1. The third-order valence-corrected chi connectivity index (χ3v) is 3.18. The molecule has 0 unspecified atom stereocenters. The average molecular weight is 220 g/mol. The van der Waals surface area contributed by atoms with Gasteiger partial charge in [0, 0.05) is 26.2 Å². The van der Waals surface area contributed by atoms with Gasteiger partial charge in [0.1, 0.15) is 5.60 Å². The van der Waals surface area contributed by atoms with E-state index in [1.54, 1.807) is 18.0 Å². The average Bonchev–Trinajstić information content (AvgIpc) is 2.31. The first-order chi connectivity index (χ1) is 7.62. The summed E-state index contributed by atoms with van der Waals surface area (Å²) in [5.41, 5.74) is -0.161. The van der Waals surface area contributed by atoms with Gasteiger partial charge in [-0.3, -0.25) is 9.78 Å². The van der Waals surface area contributed by atoms with Crippen molar-refractivity contribution in [1.82, 2.24) is 9.88 Å². The van der Waals surface area contributed by atoms with Gasteiger partial charge in [0.2, 0.25) is 5.91 Å². The Morgan fingerprint density at radius 1 is 1.44 bits per heavy atom. The van der Waals surface area contributed by atoms with Crippen molar-refractivity contribution in [3.05, 3.63) is 30.1 Å². The van der Waals surface area contributed by atoms with Crippen LogP contribution in [0, 0.1) is 0 Å². The Kier molecular flexibility index (Phi) is 2.92. The van der Waals surface area contributed by atoms with E-state index in [1.165, 1.54) is 0 Å². The number of nitrogens with zero attached hydrogens (tertiary/aromatic N) is 2. The fourth-order valence-corrected chi connectivity index (χ4v) is 2.09. The number of carbonyl (C=O) groups is 1. The van der Waals surface area contributed by atoms with E-state index >= 15 is 0 Å². The minimum absolute atomic E-state index is 0.0723. The fraction of sp³-hybridized carbons (Fsp3) is 0.500. The monoisotopic (exact) mass is 220 g/mol. The molecule has 1 fully saturated rings. The van der Waals surface area contributed by atoms with Crippen LogP contribution in [-0.4, -0.2) is 34.0 Å². The highest BCUT2D eigenvalue weighted by molar-refractivity contribution is 5.73. The fourth-order valence-electron chi connectivity index (χ4n) is 2.09. The van der Waals surface area contributed by atoms with E-state index in [9.17, 15) is 9.90 Å². The predicted molar refractivity (Wildman–Crippen MR) is 59.6 cm³/mol. The molecule has 2 heterocycles. The van der Waals surface area contributed by atoms with E-state index in [0.29, 0.717) is 31.6 Å². The molecule has 1 aliphatic rings. The van der Waals surface area contributed by atoms with Crippen LogP contribution in [0.5, 0.6) is 0 Å². The smallest absolute Gasteiger partial charge is 0.219 e. The van der Waals surface area contributed by atoms with Crippen LogP contribution in [0.25, 0.3) is 0 Å². The lowest BCUT2D eigenvalue weighted by Gasteiger charge is -2.37. The van der Waals surface area contributed by atoms with Gasteiger partial charge in [-0.05, 0) is 25.0 Å². The molecule has 4 nitrogen and oxygen atoms in total. The topological polar surface area (TPSA) is 53.4 Å². The number of piperidine rings is 1. The highest BCUT2D eigenvalue weighted by Crippen LogP contribution is 2.31. The Labute approximate surface area is 94.9 Å². The number of rotatable bonds is 1. The highest BCUT2D eigenvalue weighted by Gasteiger charge is 2.35. The van der Waals surface area contributed by atoms with E-state index in [0.717, 1.165) is 0 Å². The van der Waals surface area contributed by atoms with E-state index in [4.69, 9.17) is 0 Å². The minimum Gasteiger partial charge on any atom is -0.383 e. The second-order valence-corrected chi connectivity index (χ2v) is 4.25. The van der Waals surface area contributed by atoms with Gasteiger partial charge in [0.15, 0.2) is 0 Å². The Morgan fingerprint density at radius 2 is 2.12 bits per heavy atom. The number of likely N-dealkylation sites (tertiary alicyclic amines) is 1. The van der Waals surface area contributed by atoms with Crippen molar-refractivity contribution in [1.29, 1.82) is 0 Å². The quantitative estimate of drug-likeness (QED) is 0.765. The summed E-state index contributed by atoms with van der Waals surface area (Å²) >= 11 is 0. The van der Waals surface area contributed by atoms with E-state index in [2.05, 4.69) is 4.98 Å². The maximum Gasteiger partial charge on any atom is 0.219 e. The van der Waals surface area contributed by atoms with Gasteiger partial charge >= 0.3 is 0 Å². The SMILES string of the molecule is CC(=O)N1CCC(O)(c2ccccn2)CC1. The zero-order chi connectivity index (χ0) is 11.6. The van der Waals surface area contributed by atoms with E-state index in [1.807, 2.05) is 18.2 Å². The maximum atomic E-state index is 11.2. The molecule has 1 N–H and O–H groups in total. The number of hydrogen-bond acceptors (Lipinski definition) is 3. The first-order valence-electron chi connectivity index (χ1n) is 5.51. The van der Waals surface area contributed by atoms with Crippen molar-refractivity contribution < 1.29 is 9.90 Å². The third-order valence-electron chi connectivity index (χ3n) is 3.18. The van der Waals surface area contributed by atoms with E-state index in [-0.39, 0.29) is 5.91 Å². The lowest BCUT2D eigenvalue weighted by molar-refractivity contribution is -0.133. The van der Waals surface area contributed by atoms with E-state index < -0.39 is 5.60 Å². The zero-order valence-electron chi connectivity index (χ0n) is 9.39. The Hall–Kier alpha value is -1.42. The van der Waals surface area contributed by atoms with Crippen LogP contribution in [0.4, 0.5) is 0 Å². The van der Waals surface area contributed by atoms with Crippen LogP contribution in [-0.2, 0) is 10.4 Å². The standard InChI is InChI=1S/C12H16N2O2/c1-10(15)14-8-5-12(16,6-9-14)11-4-2-3-7-13-11/h2-4,7,16H,5-6,8-9H2,1H3. The lowest BCUT2D eigenvalue weighted by atomic mass is 9.88. The van der Waals surface area contributed by atoms with Gasteiger partial charge in [-0.15, -0.1) is 0 Å². The van der Waals surface area contributed by atoms with Crippen LogP contribution < -0.4 is 0 Å². The first-order valence-corrected chi connectivity index (χ1v) is 5.51. The molecule has 1 aliphatic heterocycles. The molecule has 16 heavy (non-hydrogen) atoms. The predicted octanol–water partition coefficient (Wildman–Crippen LogP) is 0.912. The Balaban J connectivity index is 2.10. The summed E-state index contributed by atoms with van der Waals surface area (Å²) in [4.78, 5) is 17.1. The van der Waals surface area contributed by atoms with Crippen molar-refractivity contribution in [2.45, 2.75) is 25.4 Å². The van der Waals surface area contributed by atoms with Crippen molar-refractivity contribution in [3.63, 3.8) is 0 Å². The molecule has 0 atom stereocenters. The van der Waals surface area contributed by atoms with Crippen LogP contribution in [0.2, 0.25) is 0 Å². The van der Waals surface area contributed by atoms with Crippen LogP contribution in [0.15, 0.2) is 24.4 Å². The molecule has 0 saturated carbocycles. The molecule has 1 aromatic rings. The number of pyridine rings is 1. The van der Waals surface area contributed by atoms with Gasteiger partial charge in [-0.25, -0.2) is 0 Å². The molecule has 4 heteroatoms. The summed E-state index contributed by atoms with van der Waals surface area (Å²) in [5.74, 6) is 0.0723. The lowest BCUT2D eigenvalue weighted by Crippen LogP contribution is -2.44. The molecule has 0 aliphatic carbocycles. The molecule has 2 rings (SSSR count). The van der Waals surface area contributed by atoms with Gasteiger partial charge in [-0.1, -0.05) is 6.07 Å². The molecule has 1 aromatic heterocycles. The number of carbonyl (C=O) groups excluding carboxylic acids is 1. The van der Waals surface area contributed by atoms with Gasteiger partial charge in [0.25, 0.3) is 0 Å². The second kappa shape index (κ2) is 4.22. The zero-order valence-corrected chi connectivity index (χ0v) is 9.39. The van der Waals surface area contributed by atoms with Crippen LogP contribution in [0.3, 0.4) is 0 Å². The molecule has 0 radical (unpaired) electrons. The molecular weight excluding hydrogens is 204 g/mol. The summed E-state index contributed by atoms with van der Waals surface area (Å²) < 4.78 is 0. The van der Waals surface area contributed by atoms with Crippen molar-refractivity contribution in [2.75, 3.05) is 13.1 Å². The maximum absolute atomic E-state index is 11.2. The van der Waals surface area contributed by atoms with Gasteiger partial charge in [-0.2, -0.15) is 0 Å². The second-order valence-electron chi connectivity index (χ2n) is 4.25. The number of aliphatic hydroxyl groups is 1. The third kappa shape index (κ3) is 2.07. The number of hydrogen-bond donors (Lipinski definition) is 1. The van der Waals surface area contributed by atoms with Crippen molar-refractivity contribution in [3.8, 4) is 0 Å². The minimum atomic E-state index is -0.868. The normalized spacial score (nSPS) is 19.5.